The Kier molecular flexibility index (Phi) is 5.33. The highest BCUT2D eigenvalue weighted by molar-refractivity contribution is 6.37. The molecule has 3 aromatic rings. The molecule has 0 unspecified atom stereocenters. The lowest BCUT2D eigenvalue weighted by atomic mass is 10.0. The molecule has 4 rings (SSSR count). The first-order valence-corrected chi connectivity index (χ1v) is 9.67. The molecule has 0 atom stereocenters. The Bertz CT molecular complexity index is 1150. The molecule has 2 amide bonds. The van der Waals surface area contributed by atoms with Crippen molar-refractivity contribution in [1.82, 2.24) is 4.90 Å². The summed E-state index contributed by atoms with van der Waals surface area (Å²) < 4.78 is 10.8. The molecule has 6 nitrogen and oxygen atoms in total. The van der Waals surface area contributed by atoms with Gasteiger partial charge in [0, 0.05) is 16.3 Å². The van der Waals surface area contributed by atoms with Gasteiger partial charge in [0.15, 0.2) is 0 Å². The van der Waals surface area contributed by atoms with Crippen molar-refractivity contribution in [3.8, 4) is 5.75 Å². The number of furan rings is 1. The molecule has 1 aromatic heterocycles. The monoisotopic (exact) mass is 422 g/mol. The zero-order valence-electron chi connectivity index (χ0n) is 16.4. The highest BCUT2D eigenvalue weighted by atomic mass is 35.5. The third-order valence-corrected chi connectivity index (χ3v) is 5.29. The van der Waals surface area contributed by atoms with E-state index in [9.17, 15) is 9.59 Å². The lowest BCUT2D eigenvalue weighted by Gasteiger charge is -2.14. The van der Waals surface area contributed by atoms with E-state index in [-0.39, 0.29) is 17.8 Å². The molecule has 0 spiro atoms. The second-order valence-corrected chi connectivity index (χ2v) is 7.22. The molecule has 7 heteroatoms. The average molecular weight is 423 g/mol. The third kappa shape index (κ3) is 3.57. The van der Waals surface area contributed by atoms with Crippen LogP contribution in [0.25, 0.3) is 5.57 Å². The number of nitrogens with zero attached hydrogens (tertiary/aromatic N) is 1. The maximum absolute atomic E-state index is 13.3. The number of nitrogens with one attached hydrogen (secondary N) is 1. The molecular formula is C23H19ClN2O4. The maximum atomic E-state index is 13.3. The van der Waals surface area contributed by atoms with Gasteiger partial charge in [0.1, 0.15) is 17.2 Å². The van der Waals surface area contributed by atoms with Crippen LogP contribution in [0.15, 0.2) is 71.0 Å². The van der Waals surface area contributed by atoms with E-state index in [1.54, 1.807) is 48.5 Å². The van der Waals surface area contributed by atoms with Crippen molar-refractivity contribution >= 4 is 34.7 Å². The van der Waals surface area contributed by atoms with Crippen molar-refractivity contribution in [3.63, 3.8) is 0 Å². The number of halogens is 1. The van der Waals surface area contributed by atoms with E-state index >= 15 is 0 Å². The first-order chi connectivity index (χ1) is 14.5. The van der Waals surface area contributed by atoms with Crippen LogP contribution in [0, 0.1) is 6.92 Å². The maximum Gasteiger partial charge on any atom is 0.278 e. The molecule has 2 aromatic carbocycles. The Morgan fingerprint density at radius 1 is 1.07 bits per heavy atom. The molecule has 0 fully saturated rings. The highest BCUT2D eigenvalue weighted by Crippen LogP contribution is 2.36. The minimum absolute atomic E-state index is 0.0309. The van der Waals surface area contributed by atoms with Gasteiger partial charge in [-0.15, -0.1) is 0 Å². The van der Waals surface area contributed by atoms with E-state index in [0.29, 0.717) is 27.8 Å². The number of aryl methyl sites for hydroxylation is 1. The van der Waals surface area contributed by atoms with Crippen molar-refractivity contribution in [3.05, 3.63) is 88.5 Å². The van der Waals surface area contributed by atoms with E-state index in [0.717, 1.165) is 10.5 Å². The number of imide groups is 1. The third-order valence-electron chi connectivity index (χ3n) is 4.88. The van der Waals surface area contributed by atoms with E-state index in [4.69, 9.17) is 20.8 Å². The number of para-hydroxylation sites is 1. The van der Waals surface area contributed by atoms with Crippen LogP contribution >= 0.6 is 11.6 Å². The molecule has 0 saturated heterocycles. The number of rotatable bonds is 6. The van der Waals surface area contributed by atoms with Gasteiger partial charge in [-0.1, -0.05) is 35.9 Å². The zero-order chi connectivity index (χ0) is 21.3. The lowest BCUT2D eigenvalue weighted by molar-refractivity contribution is -0.137. The van der Waals surface area contributed by atoms with Crippen molar-refractivity contribution in [2.45, 2.75) is 13.5 Å². The van der Waals surface area contributed by atoms with E-state index < -0.39 is 11.8 Å². The normalized spacial score (nSPS) is 13.9. The van der Waals surface area contributed by atoms with E-state index in [1.807, 2.05) is 13.0 Å². The van der Waals surface area contributed by atoms with Gasteiger partial charge >= 0.3 is 0 Å². The average Bonchev–Trinajstić information content (AvgIpc) is 3.34. The topological polar surface area (TPSA) is 71.8 Å². The van der Waals surface area contributed by atoms with E-state index in [1.165, 1.54) is 13.4 Å². The molecule has 1 aliphatic rings. The number of amides is 2. The predicted octanol–water partition coefficient (Wildman–Crippen LogP) is 4.64. The van der Waals surface area contributed by atoms with Crippen LogP contribution in [-0.2, 0) is 16.1 Å². The van der Waals surface area contributed by atoms with Crippen LogP contribution in [0.2, 0.25) is 5.02 Å². The summed E-state index contributed by atoms with van der Waals surface area (Å²) in [6.45, 7) is 1.92. The number of methoxy groups -OCH3 is 1. The summed E-state index contributed by atoms with van der Waals surface area (Å²) in [6, 6.07) is 15.9. The molecule has 30 heavy (non-hydrogen) atoms. The largest absolute Gasteiger partial charge is 0.496 e. The number of ether oxygens (including phenoxy) is 1. The number of carbonyl (C=O) groups is 2. The SMILES string of the molecule is COc1ccccc1C1=C(Nc2ccc(C)c(Cl)c2)C(=O)N(Cc2ccco2)C1=O. The first kappa shape index (κ1) is 19.8. The summed E-state index contributed by atoms with van der Waals surface area (Å²) in [6.07, 6.45) is 1.50. The number of benzene rings is 2. The van der Waals surface area contributed by atoms with Gasteiger partial charge in [-0.3, -0.25) is 14.5 Å². The fourth-order valence-corrected chi connectivity index (χ4v) is 3.49. The lowest BCUT2D eigenvalue weighted by Crippen LogP contribution is -2.31. The van der Waals surface area contributed by atoms with Crippen LogP contribution in [0.5, 0.6) is 5.75 Å². The Hall–Kier alpha value is -3.51. The molecule has 0 bridgehead atoms. The minimum Gasteiger partial charge on any atom is -0.496 e. The zero-order valence-corrected chi connectivity index (χ0v) is 17.2. The van der Waals surface area contributed by atoms with Gasteiger partial charge in [-0.05, 0) is 42.8 Å². The molecule has 0 radical (unpaired) electrons. The number of hydrogen-bond donors (Lipinski definition) is 1. The standard InChI is InChI=1S/C23H19ClN2O4/c1-14-9-10-15(12-18(14)24)25-21-20(17-7-3-4-8-19(17)29-2)22(27)26(23(21)28)13-16-6-5-11-30-16/h3-12,25H,13H2,1-2H3. The molecule has 0 saturated carbocycles. The van der Waals surface area contributed by atoms with Crippen LogP contribution < -0.4 is 10.1 Å². The van der Waals surface area contributed by atoms with Gasteiger partial charge in [0.25, 0.3) is 11.8 Å². The van der Waals surface area contributed by atoms with Crippen molar-refractivity contribution in [2.24, 2.45) is 0 Å². The van der Waals surface area contributed by atoms with Gasteiger partial charge in [-0.2, -0.15) is 0 Å². The van der Waals surface area contributed by atoms with Gasteiger partial charge < -0.3 is 14.5 Å². The van der Waals surface area contributed by atoms with E-state index in [2.05, 4.69) is 5.32 Å². The van der Waals surface area contributed by atoms with Crippen LogP contribution in [0.3, 0.4) is 0 Å². The first-order valence-electron chi connectivity index (χ1n) is 9.29. The molecule has 2 heterocycles. The van der Waals surface area contributed by atoms with Crippen molar-refractivity contribution < 1.29 is 18.7 Å². The Labute approximate surface area is 178 Å². The fourth-order valence-electron chi connectivity index (χ4n) is 3.31. The Balaban J connectivity index is 1.80. The van der Waals surface area contributed by atoms with Gasteiger partial charge in [0.2, 0.25) is 0 Å². The molecule has 152 valence electrons. The molecular weight excluding hydrogens is 404 g/mol. The predicted molar refractivity (Wildman–Crippen MR) is 114 cm³/mol. The number of anilines is 1. The quantitative estimate of drug-likeness (QED) is 0.586. The summed E-state index contributed by atoms with van der Waals surface area (Å²) in [7, 11) is 1.52. The second kappa shape index (κ2) is 8.08. The summed E-state index contributed by atoms with van der Waals surface area (Å²) in [5.74, 6) is 0.126. The van der Waals surface area contributed by atoms with Gasteiger partial charge in [0.05, 0.1) is 25.5 Å². The summed E-state index contributed by atoms with van der Waals surface area (Å²) in [5, 5.41) is 3.65. The minimum atomic E-state index is -0.450. The molecule has 1 N–H and O–H groups in total. The summed E-state index contributed by atoms with van der Waals surface area (Å²) in [5.41, 5.74) is 2.45. The molecule has 0 aliphatic carbocycles. The van der Waals surface area contributed by atoms with Gasteiger partial charge in [-0.25, -0.2) is 0 Å². The fraction of sp³-hybridized carbons (Fsp3) is 0.130. The smallest absolute Gasteiger partial charge is 0.278 e. The van der Waals surface area contributed by atoms with Crippen LogP contribution in [-0.4, -0.2) is 23.8 Å². The number of carbonyl (C=O) groups excluding carboxylic acids is 2. The molecule has 1 aliphatic heterocycles. The van der Waals surface area contributed by atoms with Crippen molar-refractivity contribution in [2.75, 3.05) is 12.4 Å². The number of hydrogen-bond acceptors (Lipinski definition) is 5. The summed E-state index contributed by atoms with van der Waals surface area (Å²) in [4.78, 5) is 27.7. The second-order valence-electron chi connectivity index (χ2n) is 6.82. The highest BCUT2D eigenvalue weighted by Gasteiger charge is 2.40. The van der Waals surface area contributed by atoms with Crippen LogP contribution in [0.1, 0.15) is 16.9 Å². The Morgan fingerprint density at radius 3 is 2.57 bits per heavy atom. The van der Waals surface area contributed by atoms with Crippen LogP contribution in [0.4, 0.5) is 5.69 Å². The summed E-state index contributed by atoms with van der Waals surface area (Å²) >= 11 is 6.24. The van der Waals surface area contributed by atoms with Crippen molar-refractivity contribution in [1.29, 1.82) is 0 Å². The Morgan fingerprint density at radius 2 is 1.87 bits per heavy atom.